The van der Waals surface area contributed by atoms with E-state index < -0.39 is 21.8 Å². The zero-order chi connectivity index (χ0) is 14.8. The fourth-order valence-electron chi connectivity index (χ4n) is 1.27. The Balaban J connectivity index is 2.11. The van der Waals surface area contributed by atoms with Crippen LogP contribution < -0.4 is 4.72 Å². The molecule has 0 fully saturated rings. The Labute approximate surface area is 117 Å². The Morgan fingerprint density at radius 2 is 2.20 bits per heavy atom. The molecule has 0 atom stereocenters. The second-order valence-electron chi connectivity index (χ2n) is 3.60. The van der Waals surface area contributed by atoms with Gasteiger partial charge in [0.1, 0.15) is 15.7 Å². The molecule has 2 heterocycles. The molecule has 0 amide bonds. The van der Waals surface area contributed by atoms with Gasteiger partial charge < -0.3 is 5.11 Å². The molecule has 2 N–H and O–H groups in total. The van der Waals surface area contributed by atoms with Gasteiger partial charge in [0, 0.05) is 11.6 Å². The number of nitrogens with zero attached hydrogens (tertiary/aromatic N) is 2. The van der Waals surface area contributed by atoms with Gasteiger partial charge in [0.25, 0.3) is 0 Å². The summed E-state index contributed by atoms with van der Waals surface area (Å²) in [5.41, 5.74) is -0.156. The zero-order valence-corrected chi connectivity index (χ0v) is 11.4. The number of thiazole rings is 1. The first-order valence-corrected chi connectivity index (χ1v) is 7.53. The normalized spacial score (nSPS) is 11.4. The Kier molecular flexibility index (Phi) is 4.06. The van der Waals surface area contributed by atoms with E-state index in [1.54, 1.807) is 0 Å². The van der Waals surface area contributed by atoms with Crippen LogP contribution in [0, 0.1) is 5.82 Å². The van der Waals surface area contributed by atoms with Crippen LogP contribution in [-0.4, -0.2) is 29.5 Å². The van der Waals surface area contributed by atoms with Crippen molar-refractivity contribution in [1.82, 2.24) is 14.7 Å². The number of hydrogen-bond acceptors (Lipinski definition) is 6. The fraction of sp³-hybridized carbons (Fsp3) is 0.100. The summed E-state index contributed by atoms with van der Waals surface area (Å²) in [6.45, 7) is -0.184. The van der Waals surface area contributed by atoms with E-state index in [1.807, 2.05) is 0 Å². The third-order valence-corrected chi connectivity index (χ3v) is 4.39. The van der Waals surface area contributed by atoms with Crippen molar-refractivity contribution in [2.75, 3.05) is 0 Å². The van der Waals surface area contributed by atoms with Gasteiger partial charge in [-0.1, -0.05) is 0 Å². The maximum atomic E-state index is 12.9. The van der Waals surface area contributed by atoms with Gasteiger partial charge in [0.15, 0.2) is 5.69 Å². The number of hydrogen-bond donors (Lipinski definition) is 2. The molecule has 0 aliphatic rings. The standard InChI is InChI=1S/C10H8FN3O4S2/c11-6-1-7(3-12-2-6)20(17,18)13-4-9-14-8(5-19-9)10(15)16/h1-3,5,13H,4H2,(H,15,16). The quantitative estimate of drug-likeness (QED) is 0.846. The van der Waals surface area contributed by atoms with E-state index in [9.17, 15) is 17.6 Å². The molecule has 0 bridgehead atoms. The van der Waals surface area contributed by atoms with E-state index >= 15 is 0 Å². The summed E-state index contributed by atoms with van der Waals surface area (Å²) in [6, 6.07) is 0.833. The number of carbonyl (C=O) groups is 1. The first-order chi connectivity index (χ1) is 9.38. The molecule has 0 radical (unpaired) electrons. The minimum absolute atomic E-state index is 0.156. The molecular weight excluding hydrogens is 309 g/mol. The number of carboxylic acid groups (broad SMARTS) is 1. The van der Waals surface area contributed by atoms with Crippen LogP contribution in [0.1, 0.15) is 15.5 Å². The lowest BCUT2D eigenvalue weighted by molar-refractivity contribution is 0.0691. The average Bonchev–Trinajstić information content (AvgIpc) is 2.85. The predicted octanol–water partition coefficient (Wildman–Crippen LogP) is 0.854. The highest BCUT2D eigenvalue weighted by atomic mass is 32.2. The highest BCUT2D eigenvalue weighted by Gasteiger charge is 2.16. The number of aromatic nitrogens is 2. The number of halogens is 1. The molecule has 106 valence electrons. The molecule has 0 aliphatic carbocycles. The highest BCUT2D eigenvalue weighted by molar-refractivity contribution is 7.89. The molecule has 0 unspecified atom stereocenters. The summed E-state index contributed by atoms with van der Waals surface area (Å²) in [6.07, 6.45) is 1.90. The lowest BCUT2D eigenvalue weighted by Crippen LogP contribution is -2.23. The van der Waals surface area contributed by atoms with Crippen molar-refractivity contribution >= 4 is 27.3 Å². The SMILES string of the molecule is O=C(O)c1csc(CNS(=O)(=O)c2cncc(F)c2)n1. The topological polar surface area (TPSA) is 109 Å². The van der Waals surface area contributed by atoms with Gasteiger partial charge in [-0.3, -0.25) is 4.98 Å². The van der Waals surface area contributed by atoms with Crippen LogP contribution in [-0.2, 0) is 16.6 Å². The maximum Gasteiger partial charge on any atom is 0.355 e. The molecule has 0 aromatic carbocycles. The van der Waals surface area contributed by atoms with E-state index in [2.05, 4.69) is 14.7 Å². The van der Waals surface area contributed by atoms with Crippen LogP contribution in [0.5, 0.6) is 0 Å². The Morgan fingerprint density at radius 1 is 1.45 bits per heavy atom. The molecule has 0 aliphatic heterocycles. The number of rotatable bonds is 5. The summed E-state index contributed by atoms with van der Waals surface area (Å²) in [7, 11) is -3.93. The lowest BCUT2D eigenvalue weighted by atomic mass is 10.5. The monoisotopic (exact) mass is 317 g/mol. The average molecular weight is 317 g/mol. The molecule has 0 spiro atoms. The summed E-state index contributed by atoms with van der Waals surface area (Å²) < 4.78 is 38.8. The van der Waals surface area contributed by atoms with Gasteiger partial charge in [-0.15, -0.1) is 11.3 Å². The van der Waals surface area contributed by atoms with E-state index in [4.69, 9.17) is 5.11 Å². The van der Waals surface area contributed by atoms with Gasteiger partial charge in [0.05, 0.1) is 12.7 Å². The van der Waals surface area contributed by atoms with Crippen molar-refractivity contribution in [3.05, 3.63) is 40.4 Å². The Hall–Kier alpha value is -1.91. The number of aromatic carboxylic acids is 1. The predicted molar refractivity (Wildman–Crippen MR) is 67.3 cm³/mol. The second kappa shape index (κ2) is 5.61. The van der Waals surface area contributed by atoms with E-state index in [0.29, 0.717) is 0 Å². The molecule has 2 rings (SSSR count). The van der Waals surface area contributed by atoms with Gasteiger partial charge in [-0.05, 0) is 6.07 Å². The Morgan fingerprint density at radius 3 is 2.80 bits per heavy atom. The van der Waals surface area contributed by atoms with Crippen LogP contribution in [0.3, 0.4) is 0 Å². The van der Waals surface area contributed by atoms with Crippen molar-refractivity contribution in [2.24, 2.45) is 0 Å². The van der Waals surface area contributed by atoms with Gasteiger partial charge in [-0.2, -0.15) is 0 Å². The van der Waals surface area contributed by atoms with Gasteiger partial charge in [0.2, 0.25) is 10.0 Å². The van der Waals surface area contributed by atoms with E-state index in [0.717, 1.165) is 29.8 Å². The summed E-state index contributed by atoms with van der Waals surface area (Å²) in [5.74, 6) is -1.96. The second-order valence-corrected chi connectivity index (χ2v) is 6.30. The first-order valence-electron chi connectivity index (χ1n) is 5.16. The zero-order valence-electron chi connectivity index (χ0n) is 9.78. The van der Waals surface area contributed by atoms with Crippen LogP contribution in [0.25, 0.3) is 0 Å². The van der Waals surface area contributed by atoms with Crippen molar-refractivity contribution < 1.29 is 22.7 Å². The van der Waals surface area contributed by atoms with Crippen molar-refractivity contribution in [2.45, 2.75) is 11.4 Å². The molecular formula is C10H8FN3O4S2. The Bertz CT molecular complexity index is 744. The third kappa shape index (κ3) is 3.35. The van der Waals surface area contributed by atoms with Crippen molar-refractivity contribution in [3.8, 4) is 0 Å². The smallest absolute Gasteiger partial charge is 0.355 e. The number of nitrogens with one attached hydrogen (secondary N) is 1. The van der Waals surface area contributed by atoms with Crippen molar-refractivity contribution in [1.29, 1.82) is 0 Å². The molecule has 2 aromatic rings. The van der Waals surface area contributed by atoms with E-state index in [-0.39, 0.29) is 22.1 Å². The first kappa shape index (κ1) is 14.5. The van der Waals surface area contributed by atoms with Crippen LogP contribution in [0.15, 0.2) is 28.7 Å². The summed E-state index contributed by atoms with van der Waals surface area (Å²) >= 11 is 1.01. The highest BCUT2D eigenvalue weighted by Crippen LogP contribution is 2.12. The minimum Gasteiger partial charge on any atom is -0.476 e. The fourth-order valence-corrected chi connectivity index (χ4v) is 3.03. The van der Waals surface area contributed by atoms with E-state index in [1.165, 1.54) is 5.38 Å². The number of carboxylic acids is 1. The summed E-state index contributed by atoms with van der Waals surface area (Å²) in [4.78, 5) is 17.5. The van der Waals surface area contributed by atoms with Gasteiger partial charge >= 0.3 is 5.97 Å². The van der Waals surface area contributed by atoms with Crippen LogP contribution >= 0.6 is 11.3 Å². The van der Waals surface area contributed by atoms with Crippen molar-refractivity contribution in [3.63, 3.8) is 0 Å². The molecule has 20 heavy (non-hydrogen) atoms. The molecule has 10 heteroatoms. The molecule has 0 saturated carbocycles. The van der Waals surface area contributed by atoms with Crippen LogP contribution in [0.4, 0.5) is 4.39 Å². The van der Waals surface area contributed by atoms with Gasteiger partial charge in [-0.25, -0.2) is 27.3 Å². The third-order valence-electron chi connectivity index (χ3n) is 2.17. The largest absolute Gasteiger partial charge is 0.476 e. The molecule has 2 aromatic heterocycles. The molecule has 7 nitrogen and oxygen atoms in total. The molecule has 0 saturated heterocycles. The maximum absolute atomic E-state index is 12.9. The number of pyridine rings is 1. The lowest BCUT2D eigenvalue weighted by Gasteiger charge is -2.04. The summed E-state index contributed by atoms with van der Waals surface area (Å²) in [5, 5.41) is 10.3. The number of sulfonamides is 1. The van der Waals surface area contributed by atoms with Crippen LogP contribution in [0.2, 0.25) is 0 Å². The minimum atomic E-state index is -3.93.